The van der Waals surface area contributed by atoms with Gasteiger partial charge in [0.25, 0.3) is 5.91 Å². The number of rotatable bonds is 15. The van der Waals surface area contributed by atoms with Gasteiger partial charge in [-0.15, -0.1) is 24.8 Å². The second-order valence-electron chi connectivity index (χ2n) is 10.00. The lowest BCUT2D eigenvalue weighted by Crippen LogP contribution is -2.52. The Labute approximate surface area is 218 Å². The number of carbonyl (C=O) groups excluding carboxylic acids is 1. The third kappa shape index (κ3) is 14.3. The number of nitrogens with two attached hydrogens (primary N) is 1. The molecule has 200 valence electrons. The molecule has 7 nitrogen and oxygen atoms in total. The summed E-state index contributed by atoms with van der Waals surface area (Å²) in [5.41, 5.74) is 6.03. The predicted molar refractivity (Wildman–Crippen MR) is 145 cm³/mol. The van der Waals surface area contributed by atoms with Gasteiger partial charge >= 0.3 is 0 Å². The number of hydrogen-bond donors (Lipinski definition) is 4. The summed E-state index contributed by atoms with van der Waals surface area (Å²) >= 11 is 0. The number of para-hydroxylation sites is 1. The van der Waals surface area contributed by atoms with Crippen LogP contribution in [0.2, 0.25) is 0 Å². The van der Waals surface area contributed by atoms with Crippen LogP contribution in [0, 0.1) is 5.92 Å². The van der Waals surface area contributed by atoms with Gasteiger partial charge in [0.2, 0.25) is 0 Å². The summed E-state index contributed by atoms with van der Waals surface area (Å²) in [6.07, 6.45) is 3.23. The number of benzene rings is 1. The zero-order chi connectivity index (χ0) is 24.2. The fourth-order valence-corrected chi connectivity index (χ4v) is 3.49. The van der Waals surface area contributed by atoms with Crippen molar-refractivity contribution in [1.29, 1.82) is 0 Å². The lowest BCUT2D eigenvalue weighted by Gasteiger charge is -2.36. The molecule has 0 heterocycles. The molecule has 0 aromatic heterocycles. The molecule has 1 aromatic rings. The van der Waals surface area contributed by atoms with Gasteiger partial charge in [-0.25, -0.2) is 0 Å². The maximum absolute atomic E-state index is 12.7. The Morgan fingerprint density at radius 1 is 1.06 bits per heavy atom. The van der Waals surface area contributed by atoms with Gasteiger partial charge in [0, 0.05) is 44.3 Å². The molecule has 0 saturated heterocycles. The first kappa shape index (κ1) is 35.1. The van der Waals surface area contributed by atoms with Crippen LogP contribution in [-0.2, 0) is 4.74 Å². The van der Waals surface area contributed by atoms with E-state index in [1.165, 1.54) is 0 Å². The summed E-state index contributed by atoms with van der Waals surface area (Å²) in [7, 11) is 1.68. The van der Waals surface area contributed by atoms with Gasteiger partial charge in [0.1, 0.15) is 5.75 Å². The van der Waals surface area contributed by atoms with Crippen LogP contribution >= 0.6 is 24.8 Å². The molecule has 2 atom stereocenters. The van der Waals surface area contributed by atoms with E-state index < -0.39 is 5.60 Å². The van der Waals surface area contributed by atoms with E-state index in [0.29, 0.717) is 44.0 Å². The zero-order valence-electron chi connectivity index (χ0n) is 21.7. The number of unbranched alkanes of at least 4 members (excludes halogenated alkanes) is 1. The average Bonchev–Trinajstić information content (AvgIpc) is 2.69. The lowest BCUT2D eigenvalue weighted by atomic mass is 9.82. The first-order valence-electron chi connectivity index (χ1n) is 11.7. The fraction of sp³-hybridized carbons (Fsp3) is 0.720. The standard InChI is InChI=1S/C25H45N3O4.2ClH/c1-24(2,3)28-18-20(25(4,5)30)21(26)13-11-15-27-23(29)19-12-7-8-14-22(19)32-17-10-9-16-31-6;;/h7-8,12,14,20-21,28,30H,9-11,13,15-18,26H2,1-6H3,(H,27,29);2*1H. The molecule has 1 rings (SSSR count). The molecular weight excluding hydrogens is 477 g/mol. The Hall–Kier alpha value is -1.09. The SMILES string of the molecule is COCCCCOc1ccccc1C(=O)NCCCC(N)C(CNC(C)(C)C)C(C)(C)O.Cl.Cl. The first-order valence-corrected chi connectivity index (χ1v) is 11.7. The number of hydrogen-bond acceptors (Lipinski definition) is 6. The number of nitrogens with one attached hydrogen (secondary N) is 2. The Balaban J connectivity index is 0. The number of amides is 1. The largest absolute Gasteiger partial charge is 0.493 e. The maximum atomic E-state index is 12.7. The normalized spacial score (nSPS) is 13.3. The topological polar surface area (TPSA) is 106 Å². The molecule has 0 radical (unpaired) electrons. The van der Waals surface area contributed by atoms with Crippen molar-refractivity contribution in [1.82, 2.24) is 10.6 Å². The second-order valence-corrected chi connectivity index (χ2v) is 10.00. The number of methoxy groups -OCH3 is 1. The third-order valence-electron chi connectivity index (χ3n) is 5.41. The molecule has 1 amide bonds. The molecule has 0 spiro atoms. The Bertz CT molecular complexity index is 679. The summed E-state index contributed by atoms with van der Waals surface area (Å²) in [4.78, 5) is 12.7. The number of ether oxygens (including phenoxy) is 2. The highest BCUT2D eigenvalue weighted by Crippen LogP contribution is 2.22. The van der Waals surface area contributed by atoms with Crippen LogP contribution in [-0.4, -0.2) is 61.6 Å². The quantitative estimate of drug-likeness (QED) is 0.259. The molecule has 34 heavy (non-hydrogen) atoms. The van der Waals surface area contributed by atoms with E-state index >= 15 is 0 Å². The highest BCUT2D eigenvalue weighted by atomic mass is 35.5. The first-order chi connectivity index (χ1) is 15.0. The number of halogens is 2. The molecule has 9 heteroatoms. The van der Waals surface area contributed by atoms with Crippen LogP contribution in [0.5, 0.6) is 5.75 Å². The van der Waals surface area contributed by atoms with Crippen molar-refractivity contribution in [2.24, 2.45) is 11.7 Å². The van der Waals surface area contributed by atoms with Gasteiger partial charge < -0.3 is 30.9 Å². The summed E-state index contributed by atoms with van der Waals surface area (Å²) in [6.45, 7) is 12.3. The fourth-order valence-electron chi connectivity index (χ4n) is 3.49. The predicted octanol–water partition coefficient (Wildman–Crippen LogP) is 3.95. The van der Waals surface area contributed by atoms with Crippen molar-refractivity contribution in [2.45, 2.75) is 77.5 Å². The van der Waals surface area contributed by atoms with E-state index in [4.69, 9.17) is 15.2 Å². The van der Waals surface area contributed by atoms with Gasteiger partial charge in [0.05, 0.1) is 17.8 Å². The van der Waals surface area contributed by atoms with Gasteiger partial charge in [-0.1, -0.05) is 12.1 Å². The lowest BCUT2D eigenvalue weighted by molar-refractivity contribution is 0.00222. The highest BCUT2D eigenvalue weighted by molar-refractivity contribution is 5.96. The van der Waals surface area contributed by atoms with E-state index in [9.17, 15) is 9.90 Å². The van der Waals surface area contributed by atoms with E-state index in [1.54, 1.807) is 27.0 Å². The van der Waals surface area contributed by atoms with E-state index in [1.807, 2.05) is 18.2 Å². The zero-order valence-corrected chi connectivity index (χ0v) is 23.3. The van der Waals surface area contributed by atoms with Crippen molar-refractivity contribution in [2.75, 3.05) is 33.4 Å². The summed E-state index contributed by atoms with van der Waals surface area (Å²) in [5, 5.41) is 17.0. The molecular formula is C25H47Cl2N3O4. The summed E-state index contributed by atoms with van der Waals surface area (Å²) in [6, 6.07) is 7.11. The van der Waals surface area contributed by atoms with Crippen LogP contribution in [0.15, 0.2) is 24.3 Å². The molecule has 0 aliphatic carbocycles. The Morgan fingerprint density at radius 2 is 1.68 bits per heavy atom. The van der Waals surface area contributed by atoms with Crippen LogP contribution in [0.1, 0.15) is 70.7 Å². The maximum Gasteiger partial charge on any atom is 0.255 e. The summed E-state index contributed by atoms with van der Waals surface area (Å²) < 4.78 is 10.8. The minimum atomic E-state index is -0.888. The van der Waals surface area contributed by atoms with Gasteiger partial charge in [0.15, 0.2) is 0 Å². The van der Waals surface area contributed by atoms with Crippen molar-refractivity contribution < 1.29 is 19.4 Å². The Morgan fingerprint density at radius 3 is 2.26 bits per heavy atom. The third-order valence-corrected chi connectivity index (χ3v) is 5.41. The number of carbonyl (C=O) groups is 1. The minimum absolute atomic E-state index is 0. The summed E-state index contributed by atoms with van der Waals surface area (Å²) in [5.74, 6) is 0.346. The highest BCUT2D eigenvalue weighted by Gasteiger charge is 2.32. The van der Waals surface area contributed by atoms with Gasteiger partial charge in [-0.2, -0.15) is 0 Å². The van der Waals surface area contributed by atoms with E-state index in [0.717, 1.165) is 19.3 Å². The molecule has 5 N–H and O–H groups in total. The minimum Gasteiger partial charge on any atom is -0.493 e. The van der Waals surface area contributed by atoms with Crippen molar-refractivity contribution >= 4 is 30.7 Å². The smallest absolute Gasteiger partial charge is 0.255 e. The van der Waals surface area contributed by atoms with Crippen molar-refractivity contribution in [3.63, 3.8) is 0 Å². The van der Waals surface area contributed by atoms with E-state index in [-0.39, 0.29) is 48.2 Å². The molecule has 2 unspecified atom stereocenters. The van der Waals surface area contributed by atoms with Gasteiger partial charge in [-0.05, 0) is 72.4 Å². The van der Waals surface area contributed by atoms with Gasteiger partial charge in [-0.3, -0.25) is 4.79 Å². The van der Waals surface area contributed by atoms with Crippen LogP contribution < -0.4 is 21.1 Å². The number of aliphatic hydroxyl groups is 1. The Kier molecular flexibility index (Phi) is 17.9. The van der Waals surface area contributed by atoms with Crippen molar-refractivity contribution in [3.05, 3.63) is 29.8 Å². The van der Waals surface area contributed by atoms with Crippen LogP contribution in [0.25, 0.3) is 0 Å². The van der Waals surface area contributed by atoms with E-state index in [2.05, 4.69) is 31.4 Å². The molecule has 0 saturated carbocycles. The molecule has 0 aliphatic rings. The molecule has 0 aliphatic heterocycles. The van der Waals surface area contributed by atoms with Crippen LogP contribution in [0.4, 0.5) is 0 Å². The van der Waals surface area contributed by atoms with Crippen molar-refractivity contribution in [3.8, 4) is 5.75 Å². The molecule has 1 aromatic carbocycles. The molecule has 0 bridgehead atoms. The molecule has 0 fully saturated rings. The second kappa shape index (κ2) is 17.4. The van der Waals surface area contributed by atoms with Crippen LogP contribution in [0.3, 0.4) is 0 Å². The average molecular weight is 525 g/mol. The monoisotopic (exact) mass is 523 g/mol.